The Bertz CT molecular complexity index is 703. The number of hydrogen-bond acceptors (Lipinski definition) is 2. The van der Waals surface area contributed by atoms with E-state index < -0.39 is 15.6 Å². The molecule has 1 unspecified atom stereocenters. The van der Waals surface area contributed by atoms with Crippen LogP contribution in [0.5, 0.6) is 0 Å². The summed E-state index contributed by atoms with van der Waals surface area (Å²) in [5.41, 5.74) is -0.490. The fourth-order valence-electron chi connectivity index (χ4n) is 2.00. The highest BCUT2D eigenvalue weighted by Crippen LogP contribution is 2.25. The Morgan fingerprint density at radius 3 is 2.45 bits per heavy atom. The van der Waals surface area contributed by atoms with Gasteiger partial charge >= 0.3 is 0 Å². The minimum Gasteiger partial charge on any atom is -0.207 e. The van der Waals surface area contributed by atoms with Gasteiger partial charge in [0.15, 0.2) is 0 Å². The predicted octanol–water partition coefficient (Wildman–Crippen LogP) is 3.68. The molecule has 1 N–H and O–H groups in total. The van der Waals surface area contributed by atoms with Gasteiger partial charge in [-0.05, 0) is 24.8 Å². The van der Waals surface area contributed by atoms with Gasteiger partial charge < -0.3 is 0 Å². The van der Waals surface area contributed by atoms with Gasteiger partial charge in [-0.1, -0.05) is 59.3 Å². The zero-order valence-corrected chi connectivity index (χ0v) is 14.0. The lowest BCUT2D eigenvalue weighted by atomic mass is 10.0. The van der Waals surface area contributed by atoms with E-state index in [1.165, 1.54) is 0 Å². The van der Waals surface area contributed by atoms with Gasteiger partial charge in [0, 0.05) is 16.3 Å². The third-order valence-corrected chi connectivity index (χ3v) is 6.43. The highest BCUT2D eigenvalue weighted by atomic mass is 79.9. The maximum atomic E-state index is 12.6. The highest BCUT2D eigenvalue weighted by molar-refractivity contribution is 9.09. The van der Waals surface area contributed by atoms with Crippen molar-refractivity contribution in [2.24, 2.45) is 0 Å². The number of benzene rings is 2. The van der Waals surface area contributed by atoms with Crippen molar-refractivity contribution in [2.45, 2.75) is 30.7 Å². The molecule has 0 aromatic heterocycles. The monoisotopic (exact) mass is 355 g/mol. The molecular formula is C15H18BrNO2S. The molecule has 108 valence electrons. The highest BCUT2D eigenvalue weighted by Gasteiger charge is 2.28. The van der Waals surface area contributed by atoms with Crippen LogP contribution in [0, 0.1) is 0 Å². The van der Waals surface area contributed by atoms with Crippen molar-refractivity contribution >= 4 is 36.7 Å². The number of alkyl halides is 1. The predicted molar refractivity (Wildman–Crippen MR) is 86.8 cm³/mol. The van der Waals surface area contributed by atoms with E-state index in [0.29, 0.717) is 16.6 Å². The number of fused-ring (bicyclic) bond motifs is 1. The molecule has 0 aliphatic rings. The van der Waals surface area contributed by atoms with Gasteiger partial charge in [-0.25, -0.2) is 13.1 Å². The summed E-state index contributed by atoms with van der Waals surface area (Å²) in [6.07, 6.45) is 0.711. The number of nitrogens with one attached hydrogen (secondary N) is 1. The molecule has 0 saturated heterocycles. The van der Waals surface area contributed by atoms with Gasteiger partial charge in [-0.15, -0.1) is 0 Å². The van der Waals surface area contributed by atoms with E-state index in [-0.39, 0.29) is 0 Å². The fraction of sp³-hybridized carbons (Fsp3) is 0.333. The lowest BCUT2D eigenvalue weighted by Crippen LogP contribution is -2.46. The van der Waals surface area contributed by atoms with Crippen LogP contribution in [-0.4, -0.2) is 19.3 Å². The van der Waals surface area contributed by atoms with Gasteiger partial charge in [0.2, 0.25) is 10.0 Å². The summed E-state index contributed by atoms with van der Waals surface area (Å²) >= 11 is 3.38. The summed E-state index contributed by atoms with van der Waals surface area (Å²) in [6, 6.07) is 12.8. The third-order valence-electron chi connectivity index (χ3n) is 3.50. The standard InChI is InChI=1S/C15H18BrNO2S/c1-3-15(2,11-16)17-20(18,19)14-10-6-8-12-7-4-5-9-13(12)14/h4-10,17H,3,11H2,1-2H3. The Morgan fingerprint density at radius 2 is 1.80 bits per heavy atom. The van der Waals surface area contributed by atoms with Crippen molar-refractivity contribution < 1.29 is 8.42 Å². The smallest absolute Gasteiger partial charge is 0.207 e. The molecule has 0 bridgehead atoms. The quantitative estimate of drug-likeness (QED) is 0.831. The summed E-state index contributed by atoms with van der Waals surface area (Å²) in [4.78, 5) is 0.330. The molecule has 1 atom stereocenters. The minimum absolute atomic E-state index is 0.330. The molecule has 2 aromatic rings. The normalized spacial score (nSPS) is 15.2. The van der Waals surface area contributed by atoms with Gasteiger partial charge in [0.1, 0.15) is 0 Å². The van der Waals surface area contributed by atoms with Gasteiger partial charge in [-0.2, -0.15) is 0 Å². The molecule has 0 spiro atoms. The summed E-state index contributed by atoms with van der Waals surface area (Å²) in [5, 5.41) is 2.24. The molecule has 2 rings (SSSR count). The molecule has 0 aliphatic carbocycles. The summed E-state index contributed by atoms with van der Waals surface area (Å²) in [7, 11) is -3.55. The first-order chi connectivity index (χ1) is 9.42. The van der Waals surface area contributed by atoms with Gasteiger partial charge in [-0.3, -0.25) is 0 Å². The molecule has 5 heteroatoms. The van der Waals surface area contributed by atoms with E-state index in [2.05, 4.69) is 20.7 Å². The van der Waals surface area contributed by atoms with E-state index >= 15 is 0 Å². The van der Waals surface area contributed by atoms with Gasteiger partial charge in [0.05, 0.1) is 4.90 Å². The molecular weight excluding hydrogens is 338 g/mol. The number of hydrogen-bond donors (Lipinski definition) is 1. The largest absolute Gasteiger partial charge is 0.241 e. The van der Waals surface area contributed by atoms with E-state index in [0.717, 1.165) is 10.8 Å². The van der Waals surface area contributed by atoms with Crippen LogP contribution in [0.15, 0.2) is 47.4 Å². The van der Waals surface area contributed by atoms with Crippen molar-refractivity contribution in [3.05, 3.63) is 42.5 Å². The van der Waals surface area contributed by atoms with Crippen molar-refractivity contribution in [3.63, 3.8) is 0 Å². The Labute approximate surface area is 128 Å². The second-order valence-electron chi connectivity index (χ2n) is 5.13. The van der Waals surface area contributed by atoms with Crippen LogP contribution in [-0.2, 0) is 10.0 Å². The average molecular weight is 356 g/mol. The van der Waals surface area contributed by atoms with Crippen LogP contribution in [0.4, 0.5) is 0 Å². The summed E-state index contributed by atoms with van der Waals surface area (Å²) in [6.45, 7) is 3.86. The Morgan fingerprint density at radius 1 is 1.15 bits per heavy atom. The fourth-order valence-corrected chi connectivity index (χ4v) is 4.43. The molecule has 0 saturated carbocycles. The second kappa shape index (κ2) is 5.84. The van der Waals surface area contributed by atoms with Crippen LogP contribution in [0.2, 0.25) is 0 Å². The number of sulfonamides is 1. The Balaban J connectivity index is 2.53. The molecule has 0 aliphatic heterocycles. The van der Waals surface area contributed by atoms with Crippen molar-refractivity contribution in [1.29, 1.82) is 0 Å². The Hall–Kier alpha value is -0.910. The molecule has 2 aromatic carbocycles. The van der Waals surface area contributed by atoms with Gasteiger partial charge in [0.25, 0.3) is 0 Å². The van der Waals surface area contributed by atoms with E-state index in [1.54, 1.807) is 12.1 Å². The van der Waals surface area contributed by atoms with Crippen LogP contribution >= 0.6 is 15.9 Å². The zero-order valence-electron chi connectivity index (χ0n) is 11.6. The van der Waals surface area contributed by atoms with Crippen LogP contribution in [0.3, 0.4) is 0 Å². The molecule has 0 fully saturated rings. The Kier molecular flexibility index (Phi) is 4.52. The van der Waals surface area contributed by atoms with Crippen molar-refractivity contribution in [3.8, 4) is 0 Å². The molecule has 0 amide bonds. The lowest BCUT2D eigenvalue weighted by molar-refractivity contribution is 0.450. The van der Waals surface area contributed by atoms with Crippen LogP contribution in [0.25, 0.3) is 10.8 Å². The third kappa shape index (κ3) is 3.05. The average Bonchev–Trinajstić information content (AvgIpc) is 2.46. The summed E-state index contributed by atoms with van der Waals surface area (Å²) in [5.74, 6) is 0. The topological polar surface area (TPSA) is 46.2 Å². The minimum atomic E-state index is -3.55. The first kappa shape index (κ1) is 15.5. The maximum absolute atomic E-state index is 12.6. The van der Waals surface area contributed by atoms with Crippen molar-refractivity contribution in [2.75, 3.05) is 5.33 Å². The van der Waals surface area contributed by atoms with Crippen molar-refractivity contribution in [1.82, 2.24) is 4.72 Å². The zero-order chi connectivity index (χ0) is 14.8. The second-order valence-corrected chi connectivity index (χ2v) is 7.34. The van der Waals surface area contributed by atoms with Crippen LogP contribution in [0.1, 0.15) is 20.3 Å². The first-order valence-electron chi connectivity index (χ1n) is 6.49. The van der Waals surface area contributed by atoms with Crippen LogP contribution < -0.4 is 4.72 Å². The molecule has 0 radical (unpaired) electrons. The molecule has 3 nitrogen and oxygen atoms in total. The molecule has 20 heavy (non-hydrogen) atoms. The lowest BCUT2D eigenvalue weighted by Gasteiger charge is -2.27. The first-order valence-corrected chi connectivity index (χ1v) is 9.10. The summed E-state index contributed by atoms with van der Waals surface area (Å²) < 4.78 is 28.1. The SMILES string of the molecule is CCC(C)(CBr)NS(=O)(=O)c1cccc2ccccc12. The van der Waals surface area contributed by atoms with E-state index in [1.807, 2.05) is 44.2 Å². The molecule has 0 heterocycles. The van der Waals surface area contributed by atoms with E-state index in [4.69, 9.17) is 0 Å². The van der Waals surface area contributed by atoms with E-state index in [9.17, 15) is 8.42 Å². The maximum Gasteiger partial charge on any atom is 0.241 e. The number of rotatable bonds is 5. The number of halogens is 1.